The van der Waals surface area contributed by atoms with Gasteiger partial charge in [-0.25, -0.2) is 0 Å². The van der Waals surface area contributed by atoms with E-state index in [2.05, 4.69) is 11.9 Å². The minimum absolute atomic E-state index is 0.0139. The maximum atomic E-state index is 8.44. The third-order valence-electron chi connectivity index (χ3n) is 1.21. The molecule has 0 aromatic carbocycles. The SMILES string of the molecule is [CH-]=NC(C)(C)CC.[O]=[Rh]=[O]. The van der Waals surface area contributed by atoms with Crippen molar-refractivity contribution in [2.24, 2.45) is 4.99 Å². The molecule has 0 fully saturated rings. The van der Waals surface area contributed by atoms with Gasteiger partial charge in [-0.05, 0) is 20.3 Å². The third kappa shape index (κ3) is 10.8. The summed E-state index contributed by atoms with van der Waals surface area (Å²) in [6.45, 7) is 11.1. The first-order chi connectivity index (χ1) is 4.54. The fraction of sp³-hybridized carbons (Fsp3) is 0.833. The van der Waals surface area contributed by atoms with E-state index < -0.39 is 17.0 Å². The molecule has 0 spiro atoms. The fourth-order valence-electron chi connectivity index (χ4n) is 0.0913. The number of hydrogen-bond acceptors (Lipinski definition) is 3. The Balaban J connectivity index is 0. The van der Waals surface area contributed by atoms with E-state index in [1.54, 1.807) is 0 Å². The number of hydrogen-bond donors (Lipinski definition) is 0. The predicted molar refractivity (Wildman–Crippen MR) is 34.2 cm³/mol. The summed E-state index contributed by atoms with van der Waals surface area (Å²) in [7, 11) is 0. The van der Waals surface area contributed by atoms with Crippen molar-refractivity contribution in [2.75, 3.05) is 0 Å². The van der Waals surface area contributed by atoms with Crippen molar-refractivity contribution < 1.29 is 24.2 Å². The molecule has 4 heteroatoms. The molecule has 0 unspecified atom stereocenters. The maximum absolute atomic E-state index is 8.44. The van der Waals surface area contributed by atoms with E-state index >= 15 is 0 Å². The first-order valence-electron chi connectivity index (χ1n) is 2.81. The van der Waals surface area contributed by atoms with Gasteiger partial charge in [-0.1, -0.05) is 6.92 Å². The normalized spacial score (nSPS) is 9.50. The van der Waals surface area contributed by atoms with Crippen LogP contribution in [-0.2, 0) is 24.2 Å². The van der Waals surface area contributed by atoms with Crippen molar-refractivity contribution >= 4 is 6.72 Å². The van der Waals surface area contributed by atoms with Gasteiger partial charge in [0, 0.05) is 5.54 Å². The predicted octanol–water partition coefficient (Wildman–Crippen LogP) is 1.51. The number of nitrogens with zero attached hydrogens (tertiary/aromatic N) is 1. The van der Waals surface area contributed by atoms with Crippen molar-refractivity contribution in [1.29, 1.82) is 0 Å². The van der Waals surface area contributed by atoms with Gasteiger partial charge in [-0.2, -0.15) is 0 Å². The van der Waals surface area contributed by atoms with Crippen molar-refractivity contribution in [3.63, 3.8) is 0 Å². The second-order valence-electron chi connectivity index (χ2n) is 2.35. The van der Waals surface area contributed by atoms with Gasteiger partial charge in [0.15, 0.2) is 0 Å². The van der Waals surface area contributed by atoms with Crippen LogP contribution in [0.1, 0.15) is 27.2 Å². The van der Waals surface area contributed by atoms with Gasteiger partial charge in [-0.15, -0.1) is 0 Å². The second-order valence-corrected chi connectivity index (χ2v) is 2.62. The standard InChI is InChI=1S/C6H12N.2O.Rh/c1-5-6(2,3)7-4;;;/h4H,5H2,1-3H3;;;/q-1;;;. The minimum atomic E-state index is -1.67. The van der Waals surface area contributed by atoms with Gasteiger partial charge in [0.1, 0.15) is 0 Å². The molecule has 0 heterocycles. The van der Waals surface area contributed by atoms with Crippen molar-refractivity contribution in [3.05, 3.63) is 0 Å². The molecule has 0 N–H and O–H groups in total. The third-order valence-corrected chi connectivity index (χ3v) is 1.21. The van der Waals surface area contributed by atoms with Gasteiger partial charge < -0.3 is 11.7 Å². The van der Waals surface area contributed by atoms with Crippen molar-refractivity contribution in [2.45, 2.75) is 32.7 Å². The first-order valence-corrected chi connectivity index (χ1v) is 4.15. The van der Waals surface area contributed by atoms with Gasteiger partial charge in [-0.3, -0.25) is 0 Å². The van der Waals surface area contributed by atoms with E-state index in [4.69, 9.17) is 13.9 Å². The molecule has 0 saturated carbocycles. The monoisotopic (exact) mass is 233 g/mol. The molecule has 3 nitrogen and oxygen atoms in total. The van der Waals surface area contributed by atoms with Gasteiger partial charge in [0.2, 0.25) is 0 Å². The van der Waals surface area contributed by atoms with Crippen LogP contribution in [0.5, 0.6) is 0 Å². The van der Waals surface area contributed by atoms with Gasteiger partial charge in [0.05, 0.1) is 0 Å². The summed E-state index contributed by atoms with van der Waals surface area (Å²) in [6, 6.07) is 0. The summed E-state index contributed by atoms with van der Waals surface area (Å²) in [5.41, 5.74) is -0.0139. The van der Waals surface area contributed by atoms with E-state index in [9.17, 15) is 0 Å². The van der Waals surface area contributed by atoms with E-state index in [0.717, 1.165) is 6.42 Å². The zero-order valence-electron chi connectivity index (χ0n) is 6.38. The van der Waals surface area contributed by atoms with E-state index in [0.29, 0.717) is 0 Å². The van der Waals surface area contributed by atoms with Crippen molar-refractivity contribution in [1.82, 2.24) is 0 Å². The summed E-state index contributed by atoms with van der Waals surface area (Å²) in [5, 5.41) is 0. The van der Waals surface area contributed by atoms with E-state index in [1.165, 1.54) is 0 Å². The molecule has 10 heavy (non-hydrogen) atoms. The Morgan fingerprint density at radius 2 is 1.80 bits per heavy atom. The Bertz CT molecular complexity index is 128. The van der Waals surface area contributed by atoms with Crippen LogP contribution in [0.2, 0.25) is 0 Å². The number of rotatable bonds is 2. The molecule has 0 radical (unpaired) electrons. The molecule has 0 aromatic rings. The van der Waals surface area contributed by atoms with Crippen LogP contribution in [0.3, 0.4) is 0 Å². The van der Waals surface area contributed by atoms with Crippen LogP contribution >= 0.6 is 0 Å². The average Bonchev–Trinajstić information content (AvgIpc) is 1.90. The quantitative estimate of drug-likeness (QED) is 0.412. The molecule has 0 aliphatic rings. The number of aliphatic imine (C=N–C) groups is 1. The zero-order chi connectivity index (χ0) is 8.62. The summed E-state index contributed by atoms with van der Waals surface area (Å²) >= 11 is -1.67. The summed E-state index contributed by atoms with van der Waals surface area (Å²) in [6.07, 6.45) is 1.00. The first kappa shape index (κ1) is 12.6. The van der Waals surface area contributed by atoms with Crippen LogP contribution in [0.4, 0.5) is 0 Å². The fourth-order valence-corrected chi connectivity index (χ4v) is 0.0913. The Morgan fingerprint density at radius 3 is 1.80 bits per heavy atom. The van der Waals surface area contributed by atoms with Crippen molar-refractivity contribution in [3.8, 4) is 0 Å². The van der Waals surface area contributed by atoms with Crippen LogP contribution < -0.4 is 0 Å². The molecule has 0 amide bonds. The van der Waals surface area contributed by atoms with E-state index in [1.807, 2.05) is 13.8 Å². The van der Waals surface area contributed by atoms with Gasteiger partial charge >= 0.3 is 24.2 Å². The van der Waals surface area contributed by atoms with Crippen LogP contribution in [0, 0.1) is 0 Å². The molecular formula is C6H12NO2Rh-. The second kappa shape index (κ2) is 7.01. The molecule has 0 saturated heterocycles. The summed E-state index contributed by atoms with van der Waals surface area (Å²) in [5.74, 6) is 0. The molecule has 0 atom stereocenters. The molecule has 0 aliphatic heterocycles. The Labute approximate surface area is 69.0 Å². The Morgan fingerprint density at radius 1 is 1.50 bits per heavy atom. The van der Waals surface area contributed by atoms with Gasteiger partial charge in [0.25, 0.3) is 0 Å². The molecular weight excluding hydrogens is 221 g/mol. The zero-order valence-corrected chi connectivity index (χ0v) is 8.02. The molecule has 0 bridgehead atoms. The molecule has 0 aliphatic carbocycles. The summed E-state index contributed by atoms with van der Waals surface area (Å²) in [4.78, 5) is 3.64. The van der Waals surface area contributed by atoms with Crippen LogP contribution in [-0.4, -0.2) is 12.3 Å². The Hall–Kier alpha value is -0.107. The van der Waals surface area contributed by atoms with Crippen LogP contribution in [0.25, 0.3) is 0 Å². The Kier molecular flexibility index (Phi) is 8.80. The average molecular weight is 233 g/mol. The molecule has 63 valence electrons. The summed E-state index contributed by atoms with van der Waals surface area (Å²) < 4.78 is 16.9. The molecule has 0 rings (SSSR count). The van der Waals surface area contributed by atoms with Crippen LogP contribution in [0.15, 0.2) is 4.99 Å². The molecule has 0 aromatic heterocycles. The topological polar surface area (TPSA) is 46.5 Å². The van der Waals surface area contributed by atoms with E-state index in [-0.39, 0.29) is 5.54 Å².